The molecule has 39 heavy (non-hydrogen) atoms. The van der Waals surface area contributed by atoms with E-state index in [0.717, 1.165) is 28.5 Å². The molecule has 5 rings (SSSR count). The largest absolute Gasteiger partial charge is 0.332 e. The smallest absolute Gasteiger partial charge is 0.283 e. The Labute approximate surface area is 231 Å². The molecular formula is C31H27N3O4S. The fraction of sp³-hybridized carbons (Fsp3) is 0.161. The van der Waals surface area contributed by atoms with E-state index >= 15 is 0 Å². The standard InChI is InChI=1S/C31H27N3O4S/c1-32(22-24-13-7-3-8-14-24)30(36)39-31(25-15-9-4-10-16-25)28(21-23-11-5-2-6-12-23)33(29(31)35)26-17-19-27(20-18-26)34(37)38/h2-20,28H,21-22H2,1H3/t28-,31+/m0/s1. The number of rotatable bonds is 8. The maximum atomic E-state index is 14.2. The van der Waals surface area contributed by atoms with Gasteiger partial charge >= 0.3 is 0 Å². The van der Waals surface area contributed by atoms with Crippen molar-refractivity contribution in [2.45, 2.75) is 23.8 Å². The van der Waals surface area contributed by atoms with Gasteiger partial charge in [0.05, 0.1) is 11.0 Å². The van der Waals surface area contributed by atoms with Gasteiger partial charge in [-0.3, -0.25) is 19.7 Å². The maximum Gasteiger partial charge on any atom is 0.283 e. The van der Waals surface area contributed by atoms with Gasteiger partial charge in [-0.05, 0) is 47.0 Å². The molecule has 0 bridgehead atoms. The number of thioether (sulfide) groups is 1. The van der Waals surface area contributed by atoms with Crippen molar-refractivity contribution in [2.75, 3.05) is 11.9 Å². The van der Waals surface area contributed by atoms with Gasteiger partial charge in [0.2, 0.25) is 0 Å². The molecule has 8 heteroatoms. The molecule has 0 saturated carbocycles. The van der Waals surface area contributed by atoms with Crippen molar-refractivity contribution in [3.05, 3.63) is 142 Å². The van der Waals surface area contributed by atoms with Crippen LogP contribution in [0.4, 0.5) is 16.2 Å². The third kappa shape index (κ3) is 5.15. The van der Waals surface area contributed by atoms with Crippen molar-refractivity contribution in [1.82, 2.24) is 4.90 Å². The zero-order valence-electron chi connectivity index (χ0n) is 21.3. The Morgan fingerprint density at radius 2 is 1.41 bits per heavy atom. The van der Waals surface area contributed by atoms with Crippen LogP contribution in [-0.4, -0.2) is 34.1 Å². The minimum absolute atomic E-state index is 0.0484. The van der Waals surface area contributed by atoms with E-state index in [1.54, 1.807) is 29.0 Å². The number of β-lactam (4-membered cyclic amide) rings is 1. The van der Waals surface area contributed by atoms with Crippen LogP contribution in [0.1, 0.15) is 16.7 Å². The molecule has 2 atom stereocenters. The van der Waals surface area contributed by atoms with Gasteiger partial charge in [-0.15, -0.1) is 0 Å². The lowest BCUT2D eigenvalue weighted by molar-refractivity contribution is -0.384. The summed E-state index contributed by atoms with van der Waals surface area (Å²) in [5.41, 5.74) is 3.28. The molecule has 0 aliphatic carbocycles. The summed E-state index contributed by atoms with van der Waals surface area (Å²) < 4.78 is -1.17. The van der Waals surface area contributed by atoms with Crippen molar-refractivity contribution < 1.29 is 14.5 Å². The number of carbonyl (C=O) groups is 2. The van der Waals surface area contributed by atoms with Crippen LogP contribution in [0.2, 0.25) is 0 Å². The predicted molar refractivity (Wildman–Crippen MR) is 154 cm³/mol. The summed E-state index contributed by atoms with van der Waals surface area (Å²) in [6.07, 6.45) is 0.501. The molecule has 1 aliphatic heterocycles. The zero-order chi connectivity index (χ0) is 27.4. The first kappa shape index (κ1) is 26.2. The molecule has 1 saturated heterocycles. The van der Waals surface area contributed by atoms with Crippen molar-refractivity contribution in [3.63, 3.8) is 0 Å². The summed E-state index contributed by atoms with van der Waals surface area (Å²) in [4.78, 5) is 42.0. The Balaban J connectivity index is 1.54. The van der Waals surface area contributed by atoms with Gasteiger partial charge in [0, 0.05) is 31.4 Å². The number of hydrogen-bond donors (Lipinski definition) is 0. The molecule has 0 radical (unpaired) electrons. The van der Waals surface area contributed by atoms with Crippen LogP contribution in [0.3, 0.4) is 0 Å². The summed E-state index contributed by atoms with van der Waals surface area (Å²) >= 11 is 1.04. The quantitative estimate of drug-likeness (QED) is 0.147. The molecule has 0 N–H and O–H groups in total. The molecule has 4 aromatic rings. The Morgan fingerprint density at radius 1 is 0.872 bits per heavy atom. The second kappa shape index (κ2) is 11.1. The topological polar surface area (TPSA) is 83.8 Å². The molecule has 1 aliphatic rings. The first-order chi connectivity index (χ1) is 18.9. The van der Waals surface area contributed by atoms with Gasteiger partial charge in [0.25, 0.3) is 16.8 Å². The summed E-state index contributed by atoms with van der Waals surface area (Å²) in [5, 5.41) is 11.0. The van der Waals surface area contributed by atoms with Crippen LogP contribution < -0.4 is 4.90 Å². The van der Waals surface area contributed by atoms with E-state index in [4.69, 9.17) is 0 Å². The highest BCUT2D eigenvalue weighted by Crippen LogP contribution is 2.54. The van der Waals surface area contributed by atoms with E-state index in [0.29, 0.717) is 18.7 Å². The van der Waals surface area contributed by atoms with E-state index in [2.05, 4.69) is 0 Å². The van der Waals surface area contributed by atoms with E-state index in [1.165, 1.54) is 12.1 Å². The first-order valence-electron chi connectivity index (χ1n) is 12.6. The second-order valence-electron chi connectivity index (χ2n) is 9.47. The minimum Gasteiger partial charge on any atom is -0.332 e. The van der Waals surface area contributed by atoms with Crippen molar-refractivity contribution in [1.29, 1.82) is 0 Å². The van der Waals surface area contributed by atoms with Crippen LogP contribution in [0, 0.1) is 10.1 Å². The molecule has 0 aromatic heterocycles. The van der Waals surface area contributed by atoms with Gasteiger partial charge in [0.15, 0.2) is 4.75 Å². The number of nitro benzene ring substituents is 1. The number of hydrogen-bond acceptors (Lipinski definition) is 5. The number of anilines is 1. The van der Waals surface area contributed by atoms with E-state index in [9.17, 15) is 19.7 Å². The van der Waals surface area contributed by atoms with Gasteiger partial charge in [-0.1, -0.05) is 91.0 Å². The van der Waals surface area contributed by atoms with Crippen LogP contribution in [0.25, 0.3) is 0 Å². The highest BCUT2D eigenvalue weighted by atomic mass is 32.2. The molecule has 2 amide bonds. The number of amides is 2. The lowest BCUT2D eigenvalue weighted by atomic mass is 9.77. The maximum absolute atomic E-state index is 14.2. The van der Waals surface area contributed by atoms with Gasteiger partial charge in [-0.25, -0.2) is 0 Å². The van der Waals surface area contributed by atoms with Crippen molar-refractivity contribution >= 4 is 34.3 Å². The highest BCUT2D eigenvalue weighted by molar-refractivity contribution is 8.15. The number of non-ortho nitro benzene ring substituents is 1. The third-order valence-electron chi connectivity index (χ3n) is 6.95. The van der Waals surface area contributed by atoms with Gasteiger partial charge in [-0.2, -0.15) is 0 Å². The number of nitro groups is 1. The molecule has 1 fully saturated rings. The fourth-order valence-corrected chi connectivity index (χ4v) is 6.25. The summed E-state index contributed by atoms with van der Waals surface area (Å²) in [6, 6.07) is 34.5. The molecular weight excluding hydrogens is 510 g/mol. The average Bonchev–Trinajstić information content (AvgIpc) is 2.97. The Bertz CT molecular complexity index is 1470. The monoisotopic (exact) mass is 537 g/mol. The van der Waals surface area contributed by atoms with Crippen molar-refractivity contribution in [3.8, 4) is 0 Å². The molecule has 0 unspecified atom stereocenters. The lowest BCUT2D eigenvalue weighted by Gasteiger charge is -2.55. The van der Waals surface area contributed by atoms with E-state index in [1.807, 2.05) is 91.0 Å². The van der Waals surface area contributed by atoms with E-state index in [-0.39, 0.29) is 16.8 Å². The number of carbonyl (C=O) groups excluding carboxylic acids is 2. The Hall–Kier alpha value is -4.43. The summed E-state index contributed by atoms with van der Waals surface area (Å²) in [7, 11) is 1.74. The highest BCUT2D eigenvalue weighted by Gasteiger charge is 2.63. The average molecular weight is 538 g/mol. The lowest BCUT2D eigenvalue weighted by Crippen LogP contribution is -2.71. The molecule has 7 nitrogen and oxygen atoms in total. The molecule has 196 valence electrons. The van der Waals surface area contributed by atoms with E-state index < -0.39 is 15.7 Å². The summed E-state index contributed by atoms with van der Waals surface area (Å²) in [6.45, 7) is 0.418. The molecule has 1 heterocycles. The van der Waals surface area contributed by atoms with Crippen LogP contribution in [-0.2, 0) is 22.5 Å². The van der Waals surface area contributed by atoms with Crippen LogP contribution in [0.5, 0.6) is 0 Å². The third-order valence-corrected chi connectivity index (χ3v) is 8.44. The van der Waals surface area contributed by atoms with Gasteiger partial charge < -0.3 is 9.80 Å². The van der Waals surface area contributed by atoms with Crippen LogP contribution >= 0.6 is 11.8 Å². The number of benzene rings is 4. The summed E-state index contributed by atoms with van der Waals surface area (Å²) in [5.74, 6) is -0.227. The van der Waals surface area contributed by atoms with Crippen molar-refractivity contribution in [2.24, 2.45) is 0 Å². The first-order valence-corrected chi connectivity index (χ1v) is 13.4. The number of nitrogens with zero attached hydrogens (tertiary/aromatic N) is 3. The Morgan fingerprint density at radius 3 is 1.97 bits per heavy atom. The fourth-order valence-electron chi connectivity index (χ4n) is 4.99. The molecule has 0 spiro atoms. The van der Waals surface area contributed by atoms with Crippen LogP contribution in [0.15, 0.2) is 115 Å². The van der Waals surface area contributed by atoms with Gasteiger partial charge in [0.1, 0.15) is 0 Å². The minimum atomic E-state index is -1.17. The second-order valence-corrected chi connectivity index (χ2v) is 10.7. The Kier molecular flexibility index (Phi) is 7.47. The molecule has 4 aromatic carbocycles. The normalized spacial score (nSPS) is 18.3. The zero-order valence-corrected chi connectivity index (χ0v) is 22.2. The SMILES string of the molecule is CN(Cc1ccccc1)C(=O)S[C@@]1(c2ccccc2)C(=O)N(c2ccc([N+](=O)[O-])cc2)[C@H]1Cc1ccccc1. The predicted octanol–water partition coefficient (Wildman–Crippen LogP) is 6.43.